The van der Waals surface area contributed by atoms with Crippen LogP contribution in [0, 0.1) is 0 Å². The minimum Gasteiger partial charge on any atom is -0.379 e. The van der Waals surface area contributed by atoms with Crippen LogP contribution in [0.15, 0.2) is 16.8 Å². The van der Waals surface area contributed by atoms with E-state index in [1.165, 1.54) is 0 Å². The van der Waals surface area contributed by atoms with Crippen LogP contribution in [0.4, 0.5) is 0 Å². The van der Waals surface area contributed by atoms with E-state index in [-0.39, 0.29) is 0 Å². The van der Waals surface area contributed by atoms with Crippen molar-refractivity contribution >= 4 is 0 Å². The van der Waals surface area contributed by atoms with Gasteiger partial charge in [0.2, 0.25) is 0 Å². The third kappa shape index (κ3) is 2.99. The standard InChI is InChI=1S/C12H19N5O2/c1-4-7-18-8-12(2,13)11-15-10(19-16-11)9-5-6-14-17(9)3/h5-6H,4,7-8,13H2,1-3H3. The summed E-state index contributed by atoms with van der Waals surface area (Å²) >= 11 is 0. The van der Waals surface area contributed by atoms with Gasteiger partial charge in [-0.1, -0.05) is 12.1 Å². The minimum atomic E-state index is -0.768. The lowest BCUT2D eigenvalue weighted by Crippen LogP contribution is -2.39. The molecular formula is C12H19N5O2. The topological polar surface area (TPSA) is 92.0 Å². The van der Waals surface area contributed by atoms with Gasteiger partial charge >= 0.3 is 0 Å². The molecule has 2 aromatic heterocycles. The van der Waals surface area contributed by atoms with Crippen LogP contribution in [-0.4, -0.2) is 33.1 Å². The van der Waals surface area contributed by atoms with Crippen molar-refractivity contribution in [3.05, 3.63) is 18.1 Å². The number of nitrogens with two attached hydrogens (primary N) is 1. The van der Waals surface area contributed by atoms with Gasteiger partial charge in [-0.25, -0.2) is 0 Å². The molecule has 2 heterocycles. The fraction of sp³-hybridized carbons (Fsp3) is 0.583. The van der Waals surface area contributed by atoms with Gasteiger partial charge in [-0.2, -0.15) is 10.1 Å². The normalized spacial score (nSPS) is 14.5. The fourth-order valence-electron chi connectivity index (χ4n) is 1.64. The van der Waals surface area contributed by atoms with Crippen LogP contribution in [-0.2, 0) is 17.3 Å². The Labute approximate surface area is 111 Å². The van der Waals surface area contributed by atoms with Crippen molar-refractivity contribution in [3.63, 3.8) is 0 Å². The van der Waals surface area contributed by atoms with E-state index in [0.29, 0.717) is 24.9 Å². The molecule has 0 radical (unpaired) electrons. The highest BCUT2D eigenvalue weighted by molar-refractivity contribution is 5.46. The third-order valence-corrected chi connectivity index (χ3v) is 2.73. The second-order valence-corrected chi connectivity index (χ2v) is 4.73. The van der Waals surface area contributed by atoms with Crippen LogP contribution in [0.25, 0.3) is 11.6 Å². The monoisotopic (exact) mass is 265 g/mol. The van der Waals surface area contributed by atoms with Gasteiger partial charge in [-0.05, 0) is 19.4 Å². The Morgan fingerprint density at radius 2 is 2.32 bits per heavy atom. The molecule has 2 rings (SSSR count). The Morgan fingerprint density at radius 1 is 1.53 bits per heavy atom. The van der Waals surface area contributed by atoms with Gasteiger partial charge in [0.05, 0.1) is 6.61 Å². The molecule has 7 nitrogen and oxygen atoms in total. The molecule has 104 valence electrons. The zero-order valence-electron chi connectivity index (χ0n) is 11.5. The van der Waals surface area contributed by atoms with Crippen molar-refractivity contribution in [2.24, 2.45) is 12.8 Å². The average molecular weight is 265 g/mol. The summed E-state index contributed by atoms with van der Waals surface area (Å²) in [6, 6.07) is 1.80. The van der Waals surface area contributed by atoms with Gasteiger partial charge in [0.15, 0.2) is 5.82 Å². The maximum absolute atomic E-state index is 6.15. The quantitative estimate of drug-likeness (QED) is 0.785. The Bertz CT molecular complexity index is 532. The fourth-order valence-corrected chi connectivity index (χ4v) is 1.64. The van der Waals surface area contributed by atoms with E-state index in [1.807, 2.05) is 20.9 Å². The highest BCUT2D eigenvalue weighted by atomic mass is 16.5. The molecule has 19 heavy (non-hydrogen) atoms. The molecule has 0 amide bonds. The van der Waals surface area contributed by atoms with Gasteiger partial charge in [0.1, 0.15) is 11.2 Å². The summed E-state index contributed by atoms with van der Waals surface area (Å²) in [6.45, 7) is 4.88. The molecule has 0 fully saturated rings. The molecule has 0 aliphatic heterocycles. The number of hydrogen-bond donors (Lipinski definition) is 1. The maximum Gasteiger partial charge on any atom is 0.276 e. The number of aromatic nitrogens is 4. The lowest BCUT2D eigenvalue weighted by Gasteiger charge is -2.19. The van der Waals surface area contributed by atoms with Crippen LogP contribution < -0.4 is 5.73 Å². The average Bonchev–Trinajstić information content (AvgIpc) is 2.97. The molecule has 7 heteroatoms. The van der Waals surface area contributed by atoms with Gasteiger partial charge in [0, 0.05) is 19.9 Å². The first-order valence-corrected chi connectivity index (χ1v) is 6.24. The minimum absolute atomic E-state index is 0.352. The van der Waals surface area contributed by atoms with E-state index >= 15 is 0 Å². The van der Waals surface area contributed by atoms with E-state index in [0.717, 1.165) is 12.1 Å². The molecule has 2 N–H and O–H groups in total. The van der Waals surface area contributed by atoms with Crippen molar-refractivity contribution in [2.45, 2.75) is 25.8 Å². The molecule has 1 unspecified atom stereocenters. The van der Waals surface area contributed by atoms with Crippen LogP contribution in [0.2, 0.25) is 0 Å². The second kappa shape index (κ2) is 5.50. The Kier molecular flexibility index (Phi) is 3.96. The lowest BCUT2D eigenvalue weighted by molar-refractivity contribution is 0.0867. The van der Waals surface area contributed by atoms with E-state index in [2.05, 4.69) is 15.2 Å². The van der Waals surface area contributed by atoms with E-state index in [9.17, 15) is 0 Å². The first-order chi connectivity index (χ1) is 9.04. The lowest BCUT2D eigenvalue weighted by atomic mass is 10.1. The predicted molar refractivity (Wildman–Crippen MR) is 69.1 cm³/mol. The summed E-state index contributed by atoms with van der Waals surface area (Å²) in [5.41, 5.74) is 6.14. The van der Waals surface area contributed by atoms with Gasteiger partial charge in [-0.15, -0.1) is 0 Å². The number of rotatable bonds is 6. The van der Waals surface area contributed by atoms with Gasteiger partial charge in [-0.3, -0.25) is 4.68 Å². The molecule has 0 saturated carbocycles. The number of hydrogen-bond acceptors (Lipinski definition) is 6. The van der Waals surface area contributed by atoms with Crippen molar-refractivity contribution in [1.82, 2.24) is 19.9 Å². The van der Waals surface area contributed by atoms with Crippen molar-refractivity contribution in [3.8, 4) is 11.6 Å². The van der Waals surface area contributed by atoms with Crippen LogP contribution in [0.5, 0.6) is 0 Å². The highest BCUT2D eigenvalue weighted by Crippen LogP contribution is 2.20. The molecule has 0 aromatic carbocycles. The summed E-state index contributed by atoms with van der Waals surface area (Å²) in [5, 5.41) is 7.99. The molecule has 0 spiro atoms. The van der Waals surface area contributed by atoms with E-state index in [1.54, 1.807) is 16.9 Å². The highest BCUT2D eigenvalue weighted by Gasteiger charge is 2.28. The summed E-state index contributed by atoms with van der Waals surface area (Å²) in [5.74, 6) is 0.835. The largest absolute Gasteiger partial charge is 0.379 e. The zero-order chi connectivity index (χ0) is 13.9. The molecule has 0 aliphatic rings. The summed E-state index contributed by atoms with van der Waals surface area (Å²) in [6.07, 6.45) is 2.62. The Morgan fingerprint density at radius 3 is 2.95 bits per heavy atom. The first-order valence-electron chi connectivity index (χ1n) is 6.24. The summed E-state index contributed by atoms with van der Waals surface area (Å²) < 4.78 is 12.4. The molecule has 0 bridgehead atoms. The van der Waals surface area contributed by atoms with Crippen LogP contribution >= 0.6 is 0 Å². The van der Waals surface area contributed by atoms with Crippen molar-refractivity contribution in [2.75, 3.05) is 13.2 Å². The first kappa shape index (κ1) is 13.7. The summed E-state index contributed by atoms with van der Waals surface area (Å²) in [7, 11) is 1.81. The number of aryl methyl sites for hydroxylation is 1. The maximum atomic E-state index is 6.15. The molecule has 1 atom stereocenters. The molecule has 2 aromatic rings. The number of ether oxygens (including phenoxy) is 1. The molecule has 0 saturated heterocycles. The Balaban J connectivity index is 2.14. The van der Waals surface area contributed by atoms with Crippen LogP contribution in [0.1, 0.15) is 26.1 Å². The smallest absolute Gasteiger partial charge is 0.276 e. The SMILES string of the molecule is CCCOCC(C)(N)c1noc(-c2ccnn2C)n1. The summed E-state index contributed by atoms with van der Waals surface area (Å²) in [4.78, 5) is 4.32. The predicted octanol–water partition coefficient (Wildman–Crippen LogP) is 1.07. The molecular weight excluding hydrogens is 246 g/mol. The van der Waals surface area contributed by atoms with Crippen molar-refractivity contribution in [1.29, 1.82) is 0 Å². The zero-order valence-corrected chi connectivity index (χ0v) is 11.5. The second-order valence-electron chi connectivity index (χ2n) is 4.73. The van der Waals surface area contributed by atoms with Crippen molar-refractivity contribution < 1.29 is 9.26 Å². The Hall–Kier alpha value is -1.73. The van der Waals surface area contributed by atoms with Gasteiger partial charge < -0.3 is 15.0 Å². The van der Waals surface area contributed by atoms with Crippen LogP contribution in [0.3, 0.4) is 0 Å². The van der Waals surface area contributed by atoms with Gasteiger partial charge in [0.25, 0.3) is 5.89 Å². The number of nitrogens with zero attached hydrogens (tertiary/aromatic N) is 4. The third-order valence-electron chi connectivity index (χ3n) is 2.73. The van der Waals surface area contributed by atoms with E-state index in [4.69, 9.17) is 15.0 Å². The molecule has 0 aliphatic carbocycles. The van der Waals surface area contributed by atoms with E-state index < -0.39 is 5.54 Å².